The fourth-order valence-electron chi connectivity index (χ4n) is 16.9. The molecule has 0 bridgehead atoms. The second-order valence-corrected chi connectivity index (χ2v) is 30.2. The van der Waals surface area contributed by atoms with Gasteiger partial charge in [0.25, 0.3) is 0 Å². The van der Waals surface area contributed by atoms with Crippen molar-refractivity contribution in [2.75, 3.05) is 80.2 Å². The van der Waals surface area contributed by atoms with Crippen LogP contribution in [0.15, 0.2) is 30.3 Å². The lowest BCUT2D eigenvalue weighted by Crippen LogP contribution is -2.70. The second kappa shape index (κ2) is 46.4. The van der Waals surface area contributed by atoms with E-state index in [1.807, 2.05) is 30.3 Å². The van der Waals surface area contributed by atoms with Crippen molar-refractivity contribution in [3.8, 4) is 142 Å². The fourth-order valence-corrected chi connectivity index (χ4v) is 16.9. The summed E-state index contributed by atoms with van der Waals surface area (Å²) in [5.41, 5.74) is -11.0. The molecule has 5 nitrogen and oxygen atoms in total. The maximum atomic E-state index is 10.5. The first-order valence-corrected chi connectivity index (χ1v) is 41.0. The molecule has 0 spiro atoms. The molecule has 8 unspecified atom stereocenters. The highest BCUT2D eigenvalue weighted by atomic mass is 16.5. The highest BCUT2D eigenvalue weighted by molar-refractivity contribution is 5.61. The molecule has 102 heavy (non-hydrogen) atoms. The Kier molecular flexibility index (Phi) is 38.5. The van der Waals surface area contributed by atoms with Gasteiger partial charge < -0.3 is 24.2 Å². The number of para-hydroxylation sites is 1. The van der Waals surface area contributed by atoms with Gasteiger partial charge in [0, 0.05) is 70.9 Å². The van der Waals surface area contributed by atoms with Gasteiger partial charge in [-0.1, -0.05) is 226 Å². The van der Waals surface area contributed by atoms with Crippen LogP contribution in [0.2, 0.25) is 0 Å². The predicted octanol–water partition coefficient (Wildman–Crippen LogP) is 20.4. The summed E-state index contributed by atoms with van der Waals surface area (Å²) >= 11 is 0. The molecule has 546 valence electrons. The highest BCUT2D eigenvalue weighted by Gasteiger charge is 2.80. The summed E-state index contributed by atoms with van der Waals surface area (Å²) < 4.78 is 12.7. The Morgan fingerprint density at radius 2 is 0.990 bits per heavy atom. The molecule has 0 aromatic heterocycles. The highest BCUT2D eigenvalue weighted by Crippen LogP contribution is 2.77. The van der Waals surface area contributed by atoms with Crippen LogP contribution in [0.5, 0.6) is 5.75 Å². The molecule has 8 atom stereocenters. The summed E-state index contributed by atoms with van der Waals surface area (Å²) in [7, 11) is 6.43. The Morgan fingerprint density at radius 3 is 1.60 bits per heavy atom. The number of nitrogens with zero attached hydrogens (tertiary/aromatic N) is 3. The average Bonchev–Trinajstić information content (AvgIpc) is 0.764. The van der Waals surface area contributed by atoms with Crippen molar-refractivity contribution in [3.63, 3.8) is 0 Å². The summed E-state index contributed by atoms with van der Waals surface area (Å²) in [4.78, 5) is 7.07. The van der Waals surface area contributed by atoms with Crippen molar-refractivity contribution in [3.05, 3.63) is 43.7 Å². The Labute approximate surface area is 627 Å². The van der Waals surface area contributed by atoms with E-state index in [9.17, 15) is 6.42 Å². The van der Waals surface area contributed by atoms with E-state index < -0.39 is 43.3 Å². The molecule has 5 aliphatic rings. The van der Waals surface area contributed by atoms with E-state index >= 15 is 0 Å². The smallest absolute Gasteiger partial charge is 0.148 e. The number of hydrogen-bond donors (Lipinski definition) is 0. The zero-order valence-corrected chi connectivity index (χ0v) is 65.4. The van der Waals surface area contributed by atoms with Crippen molar-refractivity contribution in [2.45, 2.75) is 297 Å². The van der Waals surface area contributed by atoms with E-state index in [1.54, 1.807) is 0 Å². The normalized spacial score (nSPS) is 24.8. The minimum atomic E-state index is -1.74. The lowest BCUT2D eigenvalue weighted by Gasteiger charge is -2.67. The molecule has 0 amide bonds. The van der Waals surface area contributed by atoms with Gasteiger partial charge in [0.1, 0.15) is 34.0 Å². The van der Waals surface area contributed by atoms with Crippen LogP contribution in [-0.4, -0.2) is 94.9 Å². The molecule has 1 aromatic rings. The Balaban J connectivity index is 2.02. The van der Waals surface area contributed by atoms with E-state index in [-0.39, 0.29) is 6.61 Å². The van der Waals surface area contributed by atoms with Gasteiger partial charge in [-0.3, -0.25) is 0 Å². The lowest BCUT2D eigenvalue weighted by molar-refractivity contribution is -0.131. The van der Waals surface area contributed by atoms with Crippen LogP contribution in [-0.2, 0) is 4.74 Å². The van der Waals surface area contributed by atoms with Crippen LogP contribution in [0, 0.1) is 193 Å². The third-order valence-corrected chi connectivity index (χ3v) is 22.9. The van der Waals surface area contributed by atoms with Crippen LogP contribution >= 0.6 is 0 Å². The van der Waals surface area contributed by atoms with E-state index in [4.69, 9.17) is 22.8 Å². The first-order valence-electron chi connectivity index (χ1n) is 41.0. The molecule has 2 radical (unpaired) electrons. The quantitative estimate of drug-likeness (QED) is 0.0589. The lowest BCUT2D eigenvalue weighted by atomic mass is 9.29. The molecule has 0 saturated carbocycles. The Morgan fingerprint density at radius 1 is 0.480 bits per heavy atom. The summed E-state index contributed by atoms with van der Waals surface area (Å²) in [5, 5.41) is 0. The Hall–Kier alpha value is -6.42. The van der Waals surface area contributed by atoms with Gasteiger partial charge in [0.05, 0.1) is 28.3 Å². The fraction of sp³-hybridized carbons (Fsp3) is 0.680. The van der Waals surface area contributed by atoms with Crippen molar-refractivity contribution >= 4 is 0 Å². The Bertz CT molecular complexity index is 3460. The van der Waals surface area contributed by atoms with Gasteiger partial charge in [-0.05, 0) is 189 Å². The molecule has 0 heterocycles. The predicted molar refractivity (Wildman–Crippen MR) is 430 cm³/mol. The number of unbranched alkanes of at least 4 members (excludes halogenated alkanes) is 7. The van der Waals surface area contributed by atoms with E-state index in [0.29, 0.717) is 90.4 Å². The van der Waals surface area contributed by atoms with Gasteiger partial charge in [-0.15, -0.1) is 59.7 Å². The first-order chi connectivity index (χ1) is 49.9. The largest absolute Gasteiger partial charge is 0.494 e. The minimum absolute atomic E-state index is 0.161. The second-order valence-electron chi connectivity index (χ2n) is 30.2. The van der Waals surface area contributed by atoms with Crippen LogP contribution in [0.1, 0.15) is 297 Å². The number of ether oxygens (including phenoxy) is 2. The third-order valence-electron chi connectivity index (χ3n) is 22.9. The summed E-state index contributed by atoms with van der Waals surface area (Å²) in [6, 6.07) is 10.1. The number of hydrogen-bond acceptors (Lipinski definition) is 5. The van der Waals surface area contributed by atoms with Crippen LogP contribution < -0.4 is 4.74 Å². The topological polar surface area (TPSA) is 28.2 Å². The first kappa shape index (κ1) is 84.5. The van der Waals surface area contributed by atoms with E-state index in [0.717, 1.165) is 231 Å². The standard InChI is InChI=1S/C97H131N3O2/c1-11-17-86-101-87-65-68-90(7,12-2)92(72-60-63-83-98(8)9,71-59-44-62-85-100(15-5)16-6)94(76-58-40-41-61-84-99(10)14-4,75-51-37-28-42-64-88-102-89-66-45-43-46-67-89)96(79-56-38-39-57-80-96)97(81-54-35-27-36-55-82-97)95(77-52-33-25-26-34-53-78-95)93(73-49-31-23-20-24-32-50-74-93)91(13-3)69-47-29-21-18-19-22-30-48-70-91/h2,43,45-46,66-67H,7,11,14-42,44,47,49,52,54,56,61-64,69,73,77,79,81,83-88H2,1,4-6,8-10H3. The molecular formula is C97H131N3O2. The third kappa shape index (κ3) is 22.3. The number of benzene rings is 1. The number of terminal acetylenes is 1. The zero-order valence-electron chi connectivity index (χ0n) is 65.4. The molecule has 0 N–H and O–H groups in total. The molecule has 5 aliphatic carbocycles. The number of rotatable bonds is 29. The molecule has 0 aliphatic heterocycles. The maximum Gasteiger partial charge on any atom is 0.148 e. The van der Waals surface area contributed by atoms with E-state index in [2.05, 4.69) is 194 Å². The van der Waals surface area contributed by atoms with Gasteiger partial charge in [0.2, 0.25) is 0 Å². The van der Waals surface area contributed by atoms with Gasteiger partial charge in [0.15, 0.2) is 0 Å². The monoisotopic (exact) mass is 1370 g/mol. The van der Waals surface area contributed by atoms with Crippen molar-refractivity contribution < 1.29 is 9.47 Å². The molecule has 0 saturated heterocycles. The van der Waals surface area contributed by atoms with Crippen LogP contribution in [0.25, 0.3) is 0 Å². The molecular weight excluding hydrogens is 1240 g/mol. The van der Waals surface area contributed by atoms with Gasteiger partial charge in [-0.2, -0.15) is 0 Å². The van der Waals surface area contributed by atoms with Gasteiger partial charge in [-0.25, -0.2) is 0 Å². The van der Waals surface area contributed by atoms with Crippen LogP contribution in [0.4, 0.5) is 0 Å². The zero-order chi connectivity index (χ0) is 72.9. The van der Waals surface area contributed by atoms with Crippen molar-refractivity contribution in [2.24, 2.45) is 43.3 Å². The van der Waals surface area contributed by atoms with Crippen LogP contribution in [0.3, 0.4) is 0 Å². The summed E-state index contributed by atoms with van der Waals surface area (Å²) in [6.45, 7) is 21.1. The maximum absolute atomic E-state index is 10.5. The van der Waals surface area contributed by atoms with Crippen molar-refractivity contribution in [1.29, 1.82) is 0 Å². The molecule has 0 fully saturated rings. The van der Waals surface area contributed by atoms with E-state index in [1.165, 1.54) is 6.42 Å². The summed E-state index contributed by atoms with van der Waals surface area (Å²) in [6.07, 6.45) is 54.6. The summed E-state index contributed by atoms with van der Waals surface area (Å²) in [5.74, 6) is 91.2. The van der Waals surface area contributed by atoms with Gasteiger partial charge >= 0.3 is 0 Å². The van der Waals surface area contributed by atoms with Crippen molar-refractivity contribution in [1.82, 2.24) is 14.7 Å². The molecule has 5 heteroatoms. The average molecular weight is 1370 g/mol. The molecule has 6 rings (SSSR count). The SMILES string of the molecule is [C]#CC1(C2(C3(C4(C5(C(C#CCCCCCOc6ccccc6)(C#CCCCCN(C)CC)C(C#CCCCN(CC)CC)(C#CCCN(C)C)C([CH2])(C#C)C#CCOCCCC)C#CCCCC5)C#CCCCCC4)C#CCCCCCC3)C#CCCCCCCC2)C#CCCCCCCCC1. The minimum Gasteiger partial charge on any atom is -0.494 e. The molecule has 1 aromatic carbocycles.